The van der Waals surface area contributed by atoms with E-state index in [0.717, 1.165) is 50.9 Å². The van der Waals surface area contributed by atoms with Gasteiger partial charge in [0, 0.05) is 18.2 Å². The molecule has 116 valence electrons. The Labute approximate surface area is 127 Å². The second-order valence-corrected chi connectivity index (χ2v) is 6.70. The van der Waals surface area contributed by atoms with Gasteiger partial charge in [0.1, 0.15) is 5.75 Å². The molecule has 0 spiro atoms. The predicted octanol–water partition coefficient (Wildman–Crippen LogP) is 3.49. The Balaban J connectivity index is 1.72. The van der Waals surface area contributed by atoms with E-state index in [9.17, 15) is 5.11 Å². The summed E-state index contributed by atoms with van der Waals surface area (Å²) in [6, 6.07) is 6.67. The van der Waals surface area contributed by atoms with Crippen LogP contribution in [0, 0.1) is 6.92 Å². The SMILES string of the molecule is Cc1cccc2c1OCCCC2NCC1(O)CCCCC1. The highest BCUT2D eigenvalue weighted by molar-refractivity contribution is 5.43. The molecule has 0 bridgehead atoms. The second kappa shape index (κ2) is 6.37. The molecule has 2 N–H and O–H groups in total. The summed E-state index contributed by atoms with van der Waals surface area (Å²) in [5.74, 6) is 1.04. The standard InChI is InChI=1S/C18H27NO2/c1-14-7-5-8-15-16(9-6-12-21-17(14)15)19-13-18(20)10-3-2-4-11-18/h5,7-8,16,19-20H,2-4,6,9-13H2,1H3. The Morgan fingerprint density at radius 3 is 2.86 bits per heavy atom. The van der Waals surface area contributed by atoms with Gasteiger partial charge in [0.25, 0.3) is 0 Å². The van der Waals surface area contributed by atoms with Crippen LogP contribution in [0.4, 0.5) is 0 Å². The molecule has 2 aliphatic rings. The zero-order valence-corrected chi connectivity index (χ0v) is 13.0. The van der Waals surface area contributed by atoms with Gasteiger partial charge in [-0.15, -0.1) is 0 Å². The Bertz CT molecular complexity index is 480. The highest BCUT2D eigenvalue weighted by Gasteiger charge is 2.30. The second-order valence-electron chi connectivity index (χ2n) is 6.70. The molecule has 1 aromatic carbocycles. The lowest BCUT2D eigenvalue weighted by atomic mass is 9.84. The summed E-state index contributed by atoms with van der Waals surface area (Å²) in [6.45, 7) is 3.60. The molecule has 0 amide bonds. The third-order valence-corrected chi connectivity index (χ3v) is 4.96. The van der Waals surface area contributed by atoms with Gasteiger partial charge >= 0.3 is 0 Å². The number of fused-ring (bicyclic) bond motifs is 1. The molecule has 1 atom stereocenters. The number of para-hydroxylation sites is 1. The fourth-order valence-electron chi connectivity index (χ4n) is 3.68. The number of nitrogens with one attached hydrogen (secondary N) is 1. The quantitative estimate of drug-likeness (QED) is 0.895. The molecule has 3 rings (SSSR count). The molecular formula is C18H27NO2. The number of aryl methyl sites for hydroxylation is 1. The molecule has 1 aliphatic carbocycles. The average Bonchev–Trinajstić information content (AvgIpc) is 2.69. The third kappa shape index (κ3) is 3.41. The molecule has 0 saturated heterocycles. The van der Waals surface area contributed by atoms with Crippen molar-refractivity contribution in [3.05, 3.63) is 29.3 Å². The number of hydrogen-bond acceptors (Lipinski definition) is 3. The molecule has 0 aromatic heterocycles. The first-order valence-corrected chi connectivity index (χ1v) is 8.36. The van der Waals surface area contributed by atoms with Gasteiger partial charge in [-0.25, -0.2) is 0 Å². The number of benzene rings is 1. The van der Waals surface area contributed by atoms with Gasteiger partial charge in [-0.1, -0.05) is 37.5 Å². The van der Waals surface area contributed by atoms with E-state index in [4.69, 9.17) is 4.74 Å². The van der Waals surface area contributed by atoms with Crippen LogP contribution in [0.5, 0.6) is 5.75 Å². The molecule has 3 nitrogen and oxygen atoms in total. The first-order chi connectivity index (χ1) is 10.2. The van der Waals surface area contributed by atoms with Crippen LogP contribution >= 0.6 is 0 Å². The van der Waals surface area contributed by atoms with Crippen LogP contribution in [0.15, 0.2) is 18.2 Å². The zero-order chi connectivity index (χ0) is 14.7. The Morgan fingerprint density at radius 1 is 1.24 bits per heavy atom. The first-order valence-electron chi connectivity index (χ1n) is 8.36. The topological polar surface area (TPSA) is 41.5 Å². The van der Waals surface area contributed by atoms with Crippen molar-refractivity contribution in [3.63, 3.8) is 0 Å². The van der Waals surface area contributed by atoms with Crippen LogP contribution in [0.3, 0.4) is 0 Å². The minimum atomic E-state index is -0.505. The fourth-order valence-corrected chi connectivity index (χ4v) is 3.68. The van der Waals surface area contributed by atoms with Crippen molar-refractivity contribution < 1.29 is 9.84 Å². The Morgan fingerprint density at radius 2 is 2.05 bits per heavy atom. The summed E-state index contributed by atoms with van der Waals surface area (Å²) in [4.78, 5) is 0. The summed E-state index contributed by atoms with van der Waals surface area (Å²) in [5, 5.41) is 14.3. The molecule has 21 heavy (non-hydrogen) atoms. The van der Waals surface area contributed by atoms with Gasteiger partial charge in [-0.3, -0.25) is 0 Å². The van der Waals surface area contributed by atoms with Gasteiger partial charge in [0.15, 0.2) is 0 Å². The smallest absolute Gasteiger partial charge is 0.126 e. The summed E-state index contributed by atoms with van der Waals surface area (Å²) < 4.78 is 5.92. The summed E-state index contributed by atoms with van der Waals surface area (Å²) in [7, 11) is 0. The van der Waals surface area contributed by atoms with Crippen LogP contribution in [0.25, 0.3) is 0 Å². The molecule has 1 aromatic rings. The van der Waals surface area contributed by atoms with Gasteiger partial charge < -0.3 is 15.2 Å². The normalized spacial score (nSPS) is 24.8. The van der Waals surface area contributed by atoms with Gasteiger partial charge in [0.05, 0.1) is 12.2 Å². The van der Waals surface area contributed by atoms with E-state index in [-0.39, 0.29) is 0 Å². The van der Waals surface area contributed by atoms with Gasteiger partial charge in [-0.05, 0) is 38.2 Å². The molecule has 1 unspecified atom stereocenters. The molecule has 0 radical (unpaired) electrons. The molecule has 1 saturated carbocycles. The molecule has 1 heterocycles. The average molecular weight is 289 g/mol. The van der Waals surface area contributed by atoms with Crippen LogP contribution in [-0.4, -0.2) is 23.9 Å². The number of aliphatic hydroxyl groups is 1. The van der Waals surface area contributed by atoms with Crippen molar-refractivity contribution in [1.82, 2.24) is 5.32 Å². The maximum atomic E-state index is 10.7. The molecular weight excluding hydrogens is 262 g/mol. The van der Waals surface area contributed by atoms with E-state index in [2.05, 4.69) is 30.4 Å². The van der Waals surface area contributed by atoms with Crippen LogP contribution < -0.4 is 10.1 Å². The van der Waals surface area contributed by atoms with E-state index in [0.29, 0.717) is 12.6 Å². The summed E-state index contributed by atoms with van der Waals surface area (Å²) >= 11 is 0. The van der Waals surface area contributed by atoms with Crippen molar-refractivity contribution >= 4 is 0 Å². The largest absolute Gasteiger partial charge is 0.493 e. The number of hydrogen-bond donors (Lipinski definition) is 2. The van der Waals surface area contributed by atoms with Crippen molar-refractivity contribution in [1.29, 1.82) is 0 Å². The van der Waals surface area contributed by atoms with E-state index in [1.54, 1.807) is 0 Å². The van der Waals surface area contributed by atoms with Gasteiger partial charge in [0.2, 0.25) is 0 Å². The third-order valence-electron chi connectivity index (χ3n) is 4.96. The zero-order valence-electron chi connectivity index (χ0n) is 13.0. The monoisotopic (exact) mass is 289 g/mol. The maximum Gasteiger partial charge on any atom is 0.126 e. The highest BCUT2D eigenvalue weighted by atomic mass is 16.5. The molecule has 1 fully saturated rings. The van der Waals surface area contributed by atoms with Crippen molar-refractivity contribution in [2.45, 2.75) is 63.5 Å². The molecule has 3 heteroatoms. The lowest BCUT2D eigenvalue weighted by Crippen LogP contribution is -2.43. The van der Waals surface area contributed by atoms with Crippen molar-refractivity contribution in [2.24, 2.45) is 0 Å². The molecule has 1 aliphatic heterocycles. The maximum absolute atomic E-state index is 10.7. The van der Waals surface area contributed by atoms with Crippen molar-refractivity contribution in [2.75, 3.05) is 13.2 Å². The lowest BCUT2D eigenvalue weighted by Gasteiger charge is -2.34. The predicted molar refractivity (Wildman–Crippen MR) is 84.7 cm³/mol. The minimum Gasteiger partial charge on any atom is -0.493 e. The van der Waals surface area contributed by atoms with Gasteiger partial charge in [-0.2, -0.15) is 0 Å². The van der Waals surface area contributed by atoms with E-state index in [1.165, 1.54) is 17.5 Å². The van der Waals surface area contributed by atoms with Crippen LogP contribution in [-0.2, 0) is 0 Å². The lowest BCUT2D eigenvalue weighted by molar-refractivity contribution is 0.00238. The van der Waals surface area contributed by atoms with Crippen molar-refractivity contribution in [3.8, 4) is 5.75 Å². The van der Waals surface area contributed by atoms with Crippen LogP contribution in [0.1, 0.15) is 62.1 Å². The first kappa shape index (κ1) is 14.9. The van der Waals surface area contributed by atoms with E-state index in [1.807, 2.05) is 0 Å². The Hall–Kier alpha value is -1.06. The van der Waals surface area contributed by atoms with Crippen LogP contribution in [0.2, 0.25) is 0 Å². The van der Waals surface area contributed by atoms with E-state index >= 15 is 0 Å². The number of rotatable bonds is 3. The summed E-state index contributed by atoms with van der Waals surface area (Å²) in [5.41, 5.74) is 1.96. The minimum absolute atomic E-state index is 0.299. The Kier molecular flexibility index (Phi) is 4.51. The van der Waals surface area contributed by atoms with E-state index < -0.39 is 5.60 Å². The summed E-state index contributed by atoms with van der Waals surface area (Å²) in [6.07, 6.45) is 7.58. The fraction of sp³-hybridized carbons (Fsp3) is 0.667. The number of ether oxygens (including phenoxy) is 1. The highest BCUT2D eigenvalue weighted by Crippen LogP contribution is 2.35.